The van der Waals surface area contributed by atoms with E-state index in [0.717, 1.165) is 58.3 Å². The van der Waals surface area contributed by atoms with E-state index in [1.165, 1.54) is 32.2 Å². The van der Waals surface area contributed by atoms with Gasteiger partial charge in [-0.05, 0) is 38.1 Å². The second-order valence-corrected chi connectivity index (χ2v) is 6.68. The fourth-order valence-electron chi connectivity index (χ4n) is 3.73. The van der Waals surface area contributed by atoms with Crippen molar-refractivity contribution >= 4 is 30.7 Å². The van der Waals surface area contributed by atoms with Gasteiger partial charge in [0.2, 0.25) is 5.91 Å². The highest BCUT2D eigenvalue weighted by Crippen LogP contribution is 2.18. The maximum atomic E-state index is 12.5. The first kappa shape index (κ1) is 21.0. The number of amides is 1. The van der Waals surface area contributed by atoms with E-state index in [0.29, 0.717) is 5.91 Å². The molecule has 0 aromatic carbocycles. The van der Waals surface area contributed by atoms with Crippen molar-refractivity contribution in [2.75, 3.05) is 52.5 Å². The molecule has 0 radical (unpaired) electrons. The second-order valence-electron chi connectivity index (χ2n) is 6.68. The number of carbonyl (C=O) groups excluding carboxylic acids is 1. The van der Waals surface area contributed by atoms with E-state index in [9.17, 15) is 4.79 Å². The predicted molar refractivity (Wildman–Crippen MR) is 96.7 cm³/mol. The van der Waals surface area contributed by atoms with Crippen molar-refractivity contribution in [1.29, 1.82) is 0 Å². The SMILES string of the molecule is Cl.Cl.O=C([C@H]1CCCCN1)N1CCN(CC2CCOCC2)CC1. The van der Waals surface area contributed by atoms with Gasteiger partial charge < -0.3 is 15.0 Å². The molecule has 1 N–H and O–H groups in total. The van der Waals surface area contributed by atoms with Crippen LogP contribution in [0, 0.1) is 5.92 Å². The molecule has 5 nitrogen and oxygen atoms in total. The predicted octanol–water partition coefficient (Wildman–Crippen LogP) is 1.54. The Labute approximate surface area is 152 Å². The summed E-state index contributed by atoms with van der Waals surface area (Å²) in [6.45, 7) is 7.92. The van der Waals surface area contributed by atoms with Crippen LogP contribution in [0.15, 0.2) is 0 Å². The van der Waals surface area contributed by atoms with E-state index in [2.05, 4.69) is 15.1 Å². The van der Waals surface area contributed by atoms with Crippen LogP contribution in [0.2, 0.25) is 0 Å². The third-order valence-corrected chi connectivity index (χ3v) is 5.15. The molecule has 3 heterocycles. The smallest absolute Gasteiger partial charge is 0.239 e. The quantitative estimate of drug-likeness (QED) is 0.821. The van der Waals surface area contributed by atoms with Crippen LogP contribution in [0.4, 0.5) is 0 Å². The van der Waals surface area contributed by atoms with Crippen molar-refractivity contribution in [2.45, 2.75) is 38.1 Å². The standard InChI is InChI=1S/C16H29N3O2.2ClH/c20-16(15-3-1-2-6-17-15)19-9-7-18(8-10-19)13-14-4-11-21-12-5-14;;/h14-15,17H,1-13H2;2*1H/t15-;;/m1../s1. The third kappa shape index (κ3) is 6.05. The topological polar surface area (TPSA) is 44.8 Å². The van der Waals surface area contributed by atoms with E-state index >= 15 is 0 Å². The number of piperidine rings is 1. The molecule has 0 aromatic rings. The number of carbonyl (C=O) groups is 1. The van der Waals surface area contributed by atoms with Crippen LogP contribution in [0.25, 0.3) is 0 Å². The number of hydrogen-bond acceptors (Lipinski definition) is 4. The van der Waals surface area contributed by atoms with Crippen LogP contribution in [-0.2, 0) is 9.53 Å². The van der Waals surface area contributed by atoms with Gasteiger partial charge in [-0.2, -0.15) is 0 Å². The lowest BCUT2D eigenvalue weighted by Gasteiger charge is -2.39. The minimum Gasteiger partial charge on any atom is -0.381 e. The Hall–Kier alpha value is -0.0700. The minimum absolute atomic E-state index is 0. The van der Waals surface area contributed by atoms with Gasteiger partial charge in [-0.3, -0.25) is 9.69 Å². The number of hydrogen-bond donors (Lipinski definition) is 1. The molecule has 3 fully saturated rings. The lowest BCUT2D eigenvalue weighted by Crippen LogP contribution is -2.55. The molecule has 3 aliphatic rings. The van der Waals surface area contributed by atoms with E-state index < -0.39 is 0 Å². The first-order chi connectivity index (χ1) is 10.3. The van der Waals surface area contributed by atoms with Crippen molar-refractivity contribution in [2.24, 2.45) is 5.92 Å². The van der Waals surface area contributed by atoms with E-state index in [1.54, 1.807) is 0 Å². The van der Waals surface area contributed by atoms with Gasteiger partial charge in [-0.1, -0.05) is 6.42 Å². The van der Waals surface area contributed by atoms with Crippen molar-refractivity contribution in [3.8, 4) is 0 Å². The monoisotopic (exact) mass is 367 g/mol. The van der Waals surface area contributed by atoms with Gasteiger partial charge in [-0.25, -0.2) is 0 Å². The summed E-state index contributed by atoms with van der Waals surface area (Å²) in [6.07, 6.45) is 5.81. The summed E-state index contributed by atoms with van der Waals surface area (Å²) < 4.78 is 5.43. The molecule has 0 saturated carbocycles. The molecule has 0 aromatic heterocycles. The summed E-state index contributed by atoms with van der Waals surface area (Å²) in [5.41, 5.74) is 0. The normalized spacial score (nSPS) is 27.0. The maximum Gasteiger partial charge on any atom is 0.239 e. The minimum atomic E-state index is 0. The van der Waals surface area contributed by atoms with Crippen LogP contribution in [0.5, 0.6) is 0 Å². The molecule has 1 amide bonds. The highest BCUT2D eigenvalue weighted by Gasteiger charge is 2.29. The molecule has 0 unspecified atom stereocenters. The summed E-state index contributed by atoms with van der Waals surface area (Å²) in [4.78, 5) is 17.1. The Bertz CT molecular complexity index is 340. The summed E-state index contributed by atoms with van der Waals surface area (Å²) in [6, 6.07) is 0.0841. The zero-order chi connectivity index (χ0) is 14.5. The molecule has 3 rings (SSSR count). The molecule has 3 saturated heterocycles. The number of halogens is 2. The number of ether oxygens (including phenoxy) is 1. The second kappa shape index (κ2) is 10.7. The van der Waals surface area contributed by atoms with Crippen LogP contribution >= 0.6 is 24.8 Å². The van der Waals surface area contributed by atoms with E-state index in [1.807, 2.05) is 0 Å². The summed E-state index contributed by atoms with van der Waals surface area (Å²) in [5.74, 6) is 1.13. The van der Waals surface area contributed by atoms with Gasteiger partial charge in [0.05, 0.1) is 6.04 Å². The number of nitrogens with one attached hydrogen (secondary N) is 1. The molecule has 0 spiro atoms. The molecule has 7 heteroatoms. The average molecular weight is 368 g/mol. The Morgan fingerprint density at radius 2 is 1.70 bits per heavy atom. The van der Waals surface area contributed by atoms with Crippen LogP contribution in [0.3, 0.4) is 0 Å². The van der Waals surface area contributed by atoms with Gasteiger partial charge in [0.1, 0.15) is 0 Å². The van der Waals surface area contributed by atoms with E-state index in [4.69, 9.17) is 4.74 Å². The molecular weight excluding hydrogens is 337 g/mol. The number of piperazine rings is 1. The largest absolute Gasteiger partial charge is 0.381 e. The fraction of sp³-hybridized carbons (Fsp3) is 0.938. The van der Waals surface area contributed by atoms with Crippen LogP contribution in [-0.4, -0.2) is 74.2 Å². The first-order valence-electron chi connectivity index (χ1n) is 8.65. The first-order valence-corrected chi connectivity index (χ1v) is 8.65. The van der Waals surface area contributed by atoms with Crippen LogP contribution < -0.4 is 5.32 Å². The Kier molecular flexibility index (Phi) is 9.78. The van der Waals surface area contributed by atoms with Crippen molar-refractivity contribution in [1.82, 2.24) is 15.1 Å². The number of rotatable bonds is 3. The van der Waals surface area contributed by atoms with E-state index in [-0.39, 0.29) is 30.9 Å². The molecule has 136 valence electrons. The molecule has 1 atom stereocenters. The summed E-state index contributed by atoms with van der Waals surface area (Å²) in [7, 11) is 0. The number of nitrogens with zero attached hydrogens (tertiary/aromatic N) is 2. The van der Waals surface area contributed by atoms with Gasteiger partial charge in [0.25, 0.3) is 0 Å². The third-order valence-electron chi connectivity index (χ3n) is 5.15. The molecule has 23 heavy (non-hydrogen) atoms. The highest BCUT2D eigenvalue weighted by atomic mass is 35.5. The van der Waals surface area contributed by atoms with Crippen LogP contribution in [0.1, 0.15) is 32.1 Å². The van der Waals surface area contributed by atoms with Gasteiger partial charge in [-0.15, -0.1) is 24.8 Å². The summed E-state index contributed by atoms with van der Waals surface area (Å²) >= 11 is 0. The van der Waals surface area contributed by atoms with Crippen molar-refractivity contribution in [3.63, 3.8) is 0 Å². The average Bonchev–Trinajstić information content (AvgIpc) is 2.57. The molecular formula is C16H31Cl2N3O2. The Morgan fingerprint density at radius 3 is 2.30 bits per heavy atom. The lowest BCUT2D eigenvalue weighted by molar-refractivity contribution is -0.135. The van der Waals surface area contributed by atoms with Gasteiger partial charge in [0, 0.05) is 45.9 Å². The van der Waals surface area contributed by atoms with Crippen molar-refractivity contribution < 1.29 is 9.53 Å². The zero-order valence-electron chi connectivity index (χ0n) is 13.9. The van der Waals surface area contributed by atoms with Gasteiger partial charge >= 0.3 is 0 Å². The van der Waals surface area contributed by atoms with Crippen molar-refractivity contribution in [3.05, 3.63) is 0 Å². The Morgan fingerprint density at radius 1 is 1.00 bits per heavy atom. The zero-order valence-corrected chi connectivity index (χ0v) is 15.5. The molecule has 3 aliphatic heterocycles. The molecule has 0 bridgehead atoms. The van der Waals surface area contributed by atoms with Gasteiger partial charge in [0.15, 0.2) is 0 Å². The highest BCUT2D eigenvalue weighted by molar-refractivity contribution is 5.85. The molecule has 0 aliphatic carbocycles. The summed E-state index contributed by atoms with van der Waals surface area (Å²) in [5, 5.41) is 3.37. The lowest BCUT2D eigenvalue weighted by atomic mass is 9.99. The maximum absolute atomic E-state index is 12.5. The Balaban J connectivity index is 0.00000132. The fourth-order valence-corrected chi connectivity index (χ4v) is 3.73.